The second-order valence-corrected chi connectivity index (χ2v) is 4.31. The lowest BCUT2D eigenvalue weighted by Gasteiger charge is -2.34. The van der Waals surface area contributed by atoms with E-state index >= 15 is 0 Å². The molecule has 0 spiro atoms. The lowest BCUT2D eigenvalue weighted by molar-refractivity contribution is 0.0328. The number of aromatic nitrogens is 2. The van der Waals surface area contributed by atoms with Crippen molar-refractivity contribution in [2.45, 2.75) is 44.8 Å². The lowest BCUT2D eigenvalue weighted by Crippen LogP contribution is -2.40. The molecular weight excluding hydrogens is 202 g/mol. The molecule has 1 heterocycles. The van der Waals surface area contributed by atoms with Crippen LogP contribution in [0.2, 0.25) is 0 Å². The van der Waals surface area contributed by atoms with Gasteiger partial charge in [0, 0.05) is 24.9 Å². The molecule has 0 unspecified atom stereocenters. The van der Waals surface area contributed by atoms with Crippen LogP contribution in [0.5, 0.6) is 0 Å². The molecule has 0 saturated heterocycles. The van der Waals surface area contributed by atoms with E-state index in [-0.39, 0.29) is 0 Å². The van der Waals surface area contributed by atoms with Gasteiger partial charge < -0.3 is 10.1 Å². The van der Waals surface area contributed by atoms with E-state index in [2.05, 4.69) is 22.2 Å². The Morgan fingerprint density at radius 1 is 1.44 bits per heavy atom. The number of aryl methyl sites for hydroxylation is 1. The number of hydrogen-bond acceptors (Lipinski definition) is 4. The summed E-state index contributed by atoms with van der Waals surface area (Å²) in [5.41, 5.74) is 1.11. The van der Waals surface area contributed by atoms with Crippen LogP contribution in [0.4, 0.5) is 5.82 Å². The Balaban J connectivity index is 1.87. The van der Waals surface area contributed by atoms with Crippen LogP contribution in [0.15, 0.2) is 12.4 Å². The molecule has 0 amide bonds. The highest BCUT2D eigenvalue weighted by Gasteiger charge is 2.28. The van der Waals surface area contributed by atoms with E-state index in [0.29, 0.717) is 12.1 Å². The van der Waals surface area contributed by atoms with Gasteiger partial charge in [-0.1, -0.05) is 13.3 Å². The summed E-state index contributed by atoms with van der Waals surface area (Å²) < 4.78 is 5.24. The number of ether oxygens (including phenoxy) is 1. The minimum Gasteiger partial charge on any atom is -0.381 e. The van der Waals surface area contributed by atoms with Crippen LogP contribution < -0.4 is 5.32 Å². The van der Waals surface area contributed by atoms with Gasteiger partial charge in [-0.25, -0.2) is 9.97 Å². The van der Waals surface area contributed by atoms with Crippen LogP contribution in [0.3, 0.4) is 0 Å². The Morgan fingerprint density at radius 2 is 2.25 bits per heavy atom. The topological polar surface area (TPSA) is 47.0 Å². The summed E-state index contributed by atoms with van der Waals surface area (Å²) >= 11 is 0. The van der Waals surface area contributed by atoms with Gasteiger partial charge in [-0.2, -0.15) is 0 Å². The van der Waals surface area contributed by atoms with Crippen LogP contribution in [0, 0.1) is 0 Å². The maximum Gasteiger partial charge on any atom is 0.129 e. The normalized spacial score (nSPS) is 23.9. The first kappa shape index (κ1) is 11.3. The first-order valence-corrected chi connectivity index (χ1v) is 5.92. The third-order valence-corrected chi connectivity index (χ3v) is 3.01. The molecular formula is C12H19N3O. The van der Waals surface area contributed by atoms with Crippen molar-refractivity contribution in [1.82, 2.24) is 9.97 Å². The molecule has 0 bridgehead atoms. The van der Waals surface area contributed by atoms with Crippen molar-refractivity contribution in [2.75, 3.05) is 12.4 Å². The summed E-state index contributed by atoms with van der Waals surface area (Å²) in [5, 5.41) is 3.41. The zero-order valence-electron chi connectivity index (χ0n) is 9.94. The van der Waals surface area contributed by atoms with Crippen molar-refractivity contribution in [1.29, 1.82) is 0 Å². The molecule has 4 heteroatoms. The van der Waals surface area contributed by atoms with Crippen molar-refractivity contribution in [3.63, 3.8) is 0 Å². The highest BCUT2D eigenvalue weighted by molar-refractivity contribution is 5.36. The van der Waals surface area contributed by atoms with Gasteiger partial charge in [-0.15, -0.1) is 0 Å². The summed E-state index contributed by atoms with van der Waals surface area (Å²) in [5.74, 6) is 0.943. The van der Waals surface area contributed by atoms with Crippen LogP contribution >= 0.6 is 0 Å². The van der Waals surface area contributed by atoms with Gasteiger partial charge in [-0.3, -0.25) is 0 Å². The summed E-state index contributed by atoms with van der Waals surface area (Å²) in [6, 6.07) is 2.55. The Kier molecular flexibility index (Phi) is 3.72. The van der Waals surface area contributed by atoms with Gasteiger partial charge in [0.25, 0.3) is 0 Å². The zero-order valence-corrected chi connectivity index (χ0v) is 9.94. The number of nitrogens with zero attached hydrogens (tertiary/aromatic N) is 2. The fourth-order valence-electron chi connectivity index (χ4n) is 1.95. The molecule has 88 valence electrons. The molecule has 16 heavy (non-hydrogen) atoms. The second-order valence-electron chi connectivity index (χ2n) is 4.31. The van der Waals surface area contributed by atoms with E-state index in [1.807, 2.05) is 6.07 Å². The van der Waals surface area contributed by atoms with E-state index in [1.165, 1.54) is 0 Å². The van der Waals surface area contributed by atoms with Gasteiger partial charge in [0.05, 0.1) is 6.10 Å². The molecule has 1 aromatic rings. The highest BCUT2D eigenvalue weighted by atomic mass is 16.5. The minimum atomic E-state index is 0.425. The van der Waals surface area contributed by atoms with Gasteiger partial charge in [0.15, 0.2) is 0 Å². The quantitative estimate of drug-likeness (QED) is 0.826. The molecule has 1 aliphatic carbocycles. The van der Waals surface area contributed by atoms with E-state index < -0.39 is 0 Å². The molecule has 0 atom stereocenters. The van der Waals surface area contributed by atoms with Crippen LogP contribution in [-0.2, 0) is 11.2 Å². The zero-order chi connectivity index (χ0) is 11.4. The van der Waals surface area contributed by atoms with E-state index in [4.69, 9.17) is 4.74 Å². The van der Waals surface area contributed by atoms with Gasteiger partial charge >= 0.3 is 0 Å². The monoisotopic (exact) mass is 221 g/mol. The average Bonchev–Trinajstić information content (AvgIpc) is 2.24. The number of rotatable bonds is 5. The molecule has 2 rings (SSSR count). The Morgan fingerprint density at radius 3 is 2.94 bits per heavy atom. The summed E-state index contributed by atoms with van der Waals surface area (Å²) in [7, 11) is 1.77. The van der Waals surface area contributed by atoms with Gasteiger partial charge in [0.1, 0.15) is 12.1 Å². The van der Waals surface area contributed by atoms with Crippen LogP contribution in [0.1, 0.15) is 31.9 Å². The molecule has 4 nitrogen and oxygen atoms in total. The number of hydrogen-bond donors (Lipinski definition) is 1. The first-order chi connectivity index (χ1) is 7.81. The fourth-order valence-corrected chi connectivity index (χ4v) is 1.95. The third-order valence-electron chi connectivity index (χ3n) is 3.01. The van der Waals surface area contributed by atoms with E-state index in [9.17, 15) is 0 Å². The molecule has 1 saturated carbocycles. The molecule has 1 aromatic heterocycles. The number of methoxy groups -OCH3 is 1. The van der Waals surface area contributed by atoms with Crippen molar-refractivity contribution >= 4 is 5.82 Å². The summed E-state index contributed by atoms with van der Waals surface area (Å²) in [6.45, 7) is 2.16. The Hall–Kier alpha value is -1.16. The average molecular weight is 221 g/mol. The Labute approximate surface area is 96.4 Å². The third kappa shape index (κ3) is 2.70. The van der Waals surface area contributed by atoms with Crippen LogP contribution in [-0.4, -0.2) is 29.2 Å². The largest absolute Gasteiger partial charge is 0.381 e. The maximum atomic E-state index is 5.24. The van der Waals surface area contributed by atoms with Crippen LogP contribution in [0.25, 0.3) is 0 Å². The van der Waals surface area contributed by atoms with Crippen molar-refractivity contribution in [3.05, 3.63) is 18.1 Å². The molecule has 1 N–H and O–H groups in total. The van der Waals surface area contributed by atoms with E-state index in [0.717, 1.165) is 37.2 Å². The molecule has 0 aromatic carbocycles. The summed E-state index contributed by atoms with van der Waals surface area (Å²) in [4.78, 5) is 8.47. The predicted octanol–water partition coefficient (Wildman–Crippen LogP) is 2.02. The minimum absolute atomic E-state index is 0.425. The smallest absolute Gasteiger partial charge is 0.129 e. The van der Waals surface area contributed by atoms with Crippen molar-refractivity contribution in [3.8, 4) is 0 Å². The molecule has 1 aliphatic rings. The highest BCUT2D eigenvalue weighted by Crippen LogP contribution is 2.25. The maximum absolute atomic E-state index is 5.24. The first-order valence-electron chi connectivity index (χ1n) is 5.92. The summed E-state index contributed by atoms with van der Waals surface area (Å²) in [6.07, 6.45) is 6.34. The molecule has 0 radical (unpaired) electrons. The Bertz CT molecular complexity index is 337. The fraction of sp³-hybridized carbons (Fsp3) is 0.667. The SMILES string of the molecule is CCCc1cc(NC2CC(OC)C2)ncn1. The lowest BCUT2D eigenvalue weighted by atomic mass is 9.89. The molecule has 0 aliphatic heterocycles. The van der Waals surface area contributed by atoms with Crippen molar-refractivity contribution < 1.29 is 4.74 Å². The van der Waals surface area contributed by atoms with Crippen molar-refractivity contribution in [2.24, 2.45) is 0 Å². The van der Waals surface area contributed by atoms with Gasteiger partial charge in [0.2, 0.25) is 0 Å². The van der Waals surface area contributed by atoms with E-state index in [1.54, 1.807) is 13.4 Å². The standard InChI is InChI=1S/C12H19N3O/c1-3-4-9-7-12(14-8-13-9)15-10-5-11(6-10)16-2/h7-8,10-11H,3-6H2,1-2H3,(H,13,14,15). The number of nitrogens with one attached hydrogen (secondary N) is 1. The number of anilines is 1. The predicted molar refractivity (Wildman–Crippen MR) is 63.5 cm³/mol. The second kappa shape index (κ2) is 5.25. The molecule has 1 fully saturated rings. The van der Waals surface area contributed by atoms with Gasteiger partial charge in [-0.05, 0) is 19.3 Å².